The highest BCUT2D eigenvalue weighted by Crippen LogP contribution is 2.61. The lowest BCUT2D eigenvalue weighted by atomic mass is 9.48. The molecule has 4 aliphatic carbocycles. The Balaban J connectivity index is 1.17. The van der Waals surface area contributed by atoms with Gasteiger partial charge in [0.25, 0.3) is 5.91 Å². The minimum atomic E-state index is -0.304. The number of thioether (sulfide) groups is 1. The number of nitrogens with one attached hydrogen (secondary N) is 1. The van der Waals surface area contributed by atoms with Crippen molar-refractivity contribution in [2.45, 2.75) is 69.7 Å². The van der Waals surface area contributed by atoms with Gasteiger partial charge in [-0.1, -0.05) is 17.7 Å². The Bertz CT molecular complexity index is 710. The highest BCUT2D eigenvalue weighted by atomic mass is 32.2. The predicted molar refractivity (Wildman–Crippen MR) is 116 cm³/mol. The summed E-state index contributed by atoms with van der Waals surface area (Å²) in [6.45, 7) is 4.05. The van der Waals surface area contributed by atoms with Crippen LogP contribution in [0.1, 0.15) is 57.4 Å². The monoisotopic (exact) mass is 415 g/mol. The third kappa shape index (κ3) is 4.99. The zero-order valence-corrected chi connectivity index (χ0v) is 18.4. The molecule has 0 unspecified atom stereocenters. The number of benzene rings is 1. The Morgan fingerprint density at radius 2 is 1.69 bits per heavy atom. The molecule has 5 rings (SSSR count). The molecular formula is C24H33NO3S. The lowest BCUT2D eigenvalue weighted by Gasteiger charge is -2.59. The second-order valence-corrected chi connectivity index (χ2v) is 10.8. The molecular weight excluding hydrogens is 382 g/mol. The maximum atomic E-state index is 12.4. The van der Waals surface area contributed by atoms with Crippen molar-refractivity contribution < 1.29 is 14.3 Å². The van der Waals surface area contributed by atoms with E-state index in [1.54, 1.807) is 11.8 Å². The van der Waals surface area contributed by atoms with Crippen LogP contribution < -0.4 is 5.32 Å². The number of hydrogen-bond acceptors (Lipinski definition) is 4. The number of hydrogen-bond donors (Lipinski definition) is 1. The van der Waals surface area contributed by atoms with Gasteiger partial charge in [-0.15, -0.1) is 11.8 Å². The van der Waals surface area contributed by atoms with Gasteiger partial charge in [-0.2, -0.15) is 0 Å². The summed E-state index contributed by atoms with van der Waals surface area (Å²) in [7, 11) is 0. The molecule has 0 aromatic heterocycles. The molecule has 29 heavy (non-hydrogen) atoms. The van der Waals surface area contributed by atoms with Crippen LogP contribution in [0.15, 0.2) is 29.2 Å². The van der Waals surface area contributed by atoms with Gasteiger partial charge in [-0.3, -0.25) is 9.59 Å². The molecule has 0 radical (unpaired) electrons. The van der Waals surface area contributed by atoms with E-state index in [9.17, 15) is 9.59 Å². The zero-order valence-electron chi connectivity index (χ0n) is 17.6. The largest absolute Gasteiger partial charge is 0.456 e. The van der Waals surface area contributed by atoms with Gasteiger partial charge in [0, 0.05) is 16.7 Å². The Morgan fingerprint density at radius 3 is 2.28 bits per heavy atom. The van der Waals surface area contributed by atoms with Crippen LogP contribution in [0, 0.1) is 30.1 Å². The Labute approximate surface area is 178 Å². The summed E-state index contributed by atoms with van der Waals surface area (Å²) in [5.41, 5.74) is 1.50. The molecule has 0 heterocycles. The van der Waals surface area contributed by atoms with Crippen LogP contribution in [0.25, 0.3) is 0 Å². The van der Waals surface area contributed by atoms with Gasteiger partial charge >= 0.3 is 5.97 Å². The topological polar surface area (TPSA) is 55.4 Å². The molecule has 1 aromatic carbocycles. The molecule has 1 atom stereocenters. The van der Waals surface area contributed by atoms with Crippen LogP contribution in [0.5, 0.6) is 0 Å². The normalized spacial score (nSPS) is 30.8. The van der Waals surface area contributed by atoms with E-state index >= 15 is 0 Å². The first-order valence-corrected chi connectivity index (χ1v) is 12.0. The van der Waals surface area contributed by atoms with Crippen molar-refractivity contribution in [2.24, 2.45) is 23.2 Å². The lowest BCUT2D eigenvalue weighted by molar-refractivity contribution is -0.149. The van der Waals surface area contributed by atoms with Crippen molar-refractivity contribution in [3.63, 3.8) is 0 Å². The van der Waals surface area contributed by atoms with Crippen molar-refractivity contribution in [1.82, 2.24) is 5.32 Å². The smallest absolute Gasteiger partial charge is 0.307 e. The van der Waals surface area contributed by atoms with Gasteiger partial charge in [0.05, 0.1) is 6.42 Å². The van der Waals surface area contributed by atoms with Gasteiger partial charge in [0.1, 0.15) is 0 Å². The third-order valence-corrected chi connectivity index (χ3v) is 8.36. The molecule has 0 saturated heterocycles. The highest BCUT2D eigenvalue weighted by molar-refractivity contribution is 7.99. The van der Waals surface area contributed by atoms with Gasteiger partial charge in [-0.05, 0) is 87.7 Å². The molecule has 4 fully saturated rings. The molecule has 5 heteroatoms. The Kier molecular flexibility index (Phi) is 6.24. The van der Waals surface area contributed by atoms with Crippen LogP contribution in [-0.4, -0.2) is 30.3 Å². The molecule has 0 aliphatic heterocycles. The average Bonchev–Trinajstić information content (AvgIpc) is 2.67. The van der Waals surface area contributed by atoms with E-state index in [0.717, 1.165) is 22.6 Å². The highest BCUT2D eigenvalue weighted by Gasteiger charge is 2.53. The number of amides is 1. The molecule has 1 N–H and O–H groups in total. The molecule has 4 aliphatic rings. The summed E-state index contributed by atoms with van der Waals surface area (Å²) in [6, 6.07) is 8.42. The van der Waals surface area contributed by atoms with Gasteiger partial charge in [0.2, 0.25) is 0 Å². The minimum absolute atomic E-state index is 0.159. The van der Waals surface area contributed by atoms with Crippen LogP contribution >= 0.6 is 11.8 Å². The molecule has 4 nitrogen and oxygen atoms in total. The van der Waals surface area contributed by atoms with E-state index in [4.69, 9.17) is 4.74 Å². The average molecular weight is 416 g/mol. The number of esters is 1. The number of carbonyl (C=O) groups is 2. The standard InChI is InChI=1S/C24H33NO3S/c1-16-3-5-21(6-4-16)29-8-7-23(27)28-15-22(26)25-17(2)24-12-18-9-19(13-24)11-20(10-18)14-24/h3-6,17-20H,7-15H2,1-2H3,(H,25,26)/t17-,18?,19?,20?,24?/m0/s1. The summed E-state index contributed by atoms with van der Waals surface area (Å²) < 4.78 is 5.22. The number of carbonyl (C=O) groups excluding carboxylic acids is 2. The van der Waals surface area contributed by atoms with Crippen LogP contribution in [0.2, 0.25) is 0 Å². The first kappa shape index (κ1) is 20.8. The molecule has 4 bridgehead atoms. The molecule has 1 aromatic rings. The Morgan fingerprint density at radius 1 is 1.10 bits per heavy atom. The molecule has 0 spiro atoms. The van der Waals surface area contributed by atoms with E-state index in [-0.39, 0.29) is 29.9 Å². The number of ether oxygens (including phenoxy) is 1. The second-order valence-electron chi connectivity index (χ2n) is 9.64. The van der Waals surface area contributed by atoms with Crippen molar-refractivity contribution in [1.29, 1.82) is 0 Å². The lowest BCUT2D eigenvalue weighted by Crippen LogP contribution is -2.56. The van der Waals surface area contributed by atoms with Crippen molar-refractivity contribution in [3.8, 4) is 0 Å². The van der Waals surface area contributed by atoms with Crippen molar-refractivity contribution in [3.05, 3.63) is 29.8 Å². The van der Waals surface area contributed by atoms with Crippen molar-refractivity contribution >= 4 is 23.6 Å². The van der Waals surface area contributed by atoms with E-state index in [2.05, 4.69) is 43.4 Å². The van der Waals surface area contributed by atoms with Crippen LogP contribution in [0.4, 0.5) is 0 Å². The number of aryl methyl sites for hydroxylation is 1. The summed E-state index contributed by atoms with van der Waals surface area (Å²) in [5, 5.41) is 3.16. The van der Waals surface area contributed by atoms with E-state index in [1.807, 2.05) is 0 Å². The number of rotatable bonds is 8. The summed E-state index contributed by atoms with van der Waals surface area (Å²) in [4.78, 5) is 25.5. The van der Waals surface area contributed by atoms with Crippen LogP contribution in [-0.2, 0) is 14.3 Å². The quantitative estimate of drug-likeness (QED) is 0.492. The van der Waals surface area contributed by atoms with Gasteiger partial charge < -0.3 is 10.1 Å². The predicted octanol–water partition coefficient (Wildman–Crippen LogP) is 4.74. The summed E-state index contributed by atoms with van der Waals surface area (Å²) in [5.74, 6) is 2.79. The van der Waals surface area contributed by atoms with Crippen LogP contribution in [0.3, 0.4) is 0 Å². The van der Waals surface area contributed by atoms with E-state index in [1.165, 1.54) is 44.1 Å². The van der Waals surface area contributed by atoms with E-state index < -0.39 is 0 Å². The SMILES string of the molecule is Cc1ccc(SCCC(=O)OCC(=O)N[C@@H](C)C23CC4CC(CC(C4)C2)C3)cc1. The maximum absolute atomic E-state index is 12.4. The summed E-state index contributed by atoms with van der Waals surface area (Å²) in [6.07, 6.45) is 8.30. The van der Waals surface area contributed by atoms with Gasteiger partial charge in [-0.25, -0.2) is 0 Å². The molecule has 158 valence electrons. The fraction of sp³-hybridized carbons (Fsp3) is 0.667. The fourth-order valence-corrected chi connectivity index (χ4v) is 7.08. The first-order chi connectivity index (χ1) is 13.9. The van der Waals surface area contributed by atoms with Crippen molar-refractivity contribution in [2.75, 3.05) is 12.4 Å². The maximum Gasteiger partial charge on any atom is 0.307 e. The Hall–Kier alpha value is -1.49. The fourth-order valence-electron chi connectivity index (χ4n) is 6.25. The molecule has 1 amide bonds. The first-order valence-electron chi connectivity index (χ1n) is 11.1. The second kappa shape index (κ2) is 8.71. The summed E-state index contributed by atoms with van der Waals surface area (Å²) >= 11 is 1.63. The third-order valence-electron chi connectivity index (χ3n) is 7.34. The van der Waals surface area contributed by atoms with Gasteiger partial charge in [0.15, 0.2) is 6.61 Å². The molecule has 4 saturated carbocycles. The minimum Gasteiger partial charge on any atom is -0.456 e. The zero-order chi connectivity index (χ0) is 20.4. The van der Waals surface area contributed by atoms with E-state index in [0.29, 0.717) is 12.2 Å².